The Morgan fingerprint density at radius 3 is 2.68 bits per heavy atom. The van der Waals surface area contributed by atoms with Gasteiger partial charge in [-0.2, -0.15) is 5.10 Å². The monoisotopic (exact) mass is 349 g/mol. The summed E-state index contributed by atoms with van der Waals surface area (Å²) in [4.78, 5) is 26.9. The van der Waals surface area contributed by atoms with Crippen LogP contribution in [0.25, 0.3) is 0 Å². The van der Waals surface area contributed by atoms with Crippen molar-refractivity contribution in [2.45, 2.75) is 45.1 Å². The first kappa shape index (κ1) is 17.9. The molecule has 7 nitrogen and oxygen atoms in total. The van der Waals surface area contributed by atoms with Crippen LogP contribution in [0.2, 0.25) is 0 Å². The van der Waals surface area contributed by atoms with Gasteiger partial charge in [-0.05, 0) is 44.6 Å². The van der Waals surface area contributed by atoms with Gasteiger partial charge in [-0.25, -0.2) is 0 Å². The minimum Gasteiger partial charge on any atom is -0.481 e. The number of carboxylic acids is 1. The molecule has 0 unspecified atom stereocenters. The molecule has 1 aromatic rings. The molecule has 2 fully saturated rings. The van der Waals surface area contributed by atoms with E-state index in [-0.39, 0.29) is 11.3 Å². The zero-order chi connectivity index (χ0) is 17.9. The molecule has 3 rings (SSSR count). The number of carbonyl (C=O) groups excluding carboxylic acids is 1. The zero-order valence-electron chi connectivity index (χ0n) is 14.8. The predicted octanol–water partition coefficient (Wildman–Crippen LogP) is 1.78. The van der Waals surface area contributed by atoms with Gasteiger partial charge in [0.1, 0.15) is 0 Å². The summed E-state index contributed by atoms with van der Waals surface area (Å²) in [5.41, 5.74) is -1.23. The number of hydrogen-bond acceptors (Lipinski definition) is 4. The van der Waals surface area contributed by atoms with Crippen LogP contribution in [0.5, 0.6) is 0 Å². The number of methoxy groups -OCH3 is 1. The zero-order valence-corrected chi connectivity index (χ0v) is 14.8. The smallest absolute Gasteiger partial charge is 0.311 e. The van der Waals surface area contributed by atoms with Gasteiger partial charge in [0.15, 0.2) is 0 Å². The van der Waals surface area contributed by atoms with Gasteiger partial charge < -0.3 is 14.7 Å². The fourth-order valence-electron chi connectivity index (χ4n) is 3.98. The van der Waals surface area contributed by atoms with E-state index in [1.807, 2.05) is 12.3 Å². The van der Waals surface area contributed by atoms with Gasteiger partial charge in [0, 0.05) is 39.2 Å². The number of likely N-dealkylation sites (tertiary alicyclic amines) is 1. The van der Waals surface area contributed by atoms with Gasteiger partial charge in [-0.1, -0.05) is 0 Å². The number of rotatable bonds is 8. The lowest BCUT2D eigenvalue weighted by Crippen LogP contribution is -2.52. The summed E-state index contributed by atoms with van der Waals surface area (Å²) >= 11 is 0. The number of carbonyl (C=O) groups is 2. The highest BCUT2D eigenvalue weighted by Gasteiger charge is 2.54. The van der Waals surface area contributed by atoms with E-state index >= 15 is 0 Å². The lowest BCUT2D eigenvalue weighted by Gasteiger charge is -2.41. The van der Waals surface area contributed by atoms with E-state index in [1.165, 1.54) is 0 Å². The third-order valence-corrected chi connectivity index (χ3v) is 5.65. The standard InChI is InChI=1S/C18H27N3O4/c1-25-12-3-6-18(16(23)24)5-2-10-20(13-18)15(22)17(7-8-17)14-21-11-4-9-19-21/h4,9,11H,2-3,5-8,10,12-14H2,1H3,(H,23,24)/t18-/m0/s1. The van der Waals surface area contributed by atoms with Crippen LogP contribution < -0.4 is 0 Å². The van der Waals surface area contributed by atoms with Crippen LogP contribution in [-0.2, 0) is 20.9 Å². The van der Waals surface area contributed by atoms with Gasteiger partial charge in [-0.3, -0.25) is 14.3 Å². The highest BCUT2D eigenvalue weighted by atomic mass is 16.5. The van der Waals surface area contributed by atoms with E-state index in [0.29, 0.717) is 45.5 Å². The van der Waals surface area contributed by atoms with Crippen LogP contribution in [0.3, 0.4) is 0 Å². The first-order valence-corrected chi connectivity index (χ1v) is 9.01. The third kappa shape index (κ3) is 3.71. The van der Waals surface area contributed by atoms with E-state index in [4.69, 9.17) is 4.74 Å². The highest BCUT2D eigenvalue weighted by Crippen LogP contribution is 2.49. The minimum atomic E-state index is -0.839. The van der Waals surface area contributed by atoms with Gasteiger partial charge in [-0.15, -0.1) is 0 Å². The maximum atomic E-state index is 13.1. The first-order valence-electron chi connectivity index (χ1n) is 9.01. The number of carboxylic acid groups (broad SMARTS) is 1. The third-order valence-electron chi connectivity index (χ3n) is 5.65. The normalized spacial score (nSPS) is 24.9. The molecule has 7 heteroatoms. The number of ether oxygens (including phenoxy) is 1. The molecule has 0 spiro atoms. The van der Waals surface area contributed by atoms with Crippen molar-refractivity contribution in [3.63, 3.8) is 0 Å². The molecular formula is C18H27N3O4. The molecule has 1 aliphatic heterocycles. The van der Waals surface area contributed by atoms with E-state index in [1.54, 1.807) is 22.9 Å². The Morgan fingerprint density at radius 1 is 1.28 bits per heavy atom. The summed E-state index contributed by atoms with van der Waals surface area (Å²) < 4.78 is 6.88. The SMILES string of the molecule is COCCC[C@@]1(C(=O)O)CCCN(C(=O)C2(Cn3cccn3)CC2)C1. The topological polar surface area (TPSA) is 84.7 Å². The Morgan fingerprint density at radius 2 is 2.08 bits per heavy atom. The molecule has 1 saturated heterocycles. The van der Waals surface area contributed by atoms with Crippen molar-refractivity contribution >= 4 is 11.9 Å². The predicted molar refractivity (Wildman–Crippen MR) is 90.9 cm³/mol. The molecule has 0 radical (unpaired) electrons. The molecular weight excluding hydrogens is 322 g/mol. The minimum absolute atomic E-state index is 0.0973. The van der Waals surface area contributed by atoms with Gasteiger partial charge in [0.2, 0.25) is 5.91 Å². The van der Waals surface area contributed by atoms with Crippen molar-refractivity contribution in [2.75, 3.05) is 26.8 Å². The molecule has 1 amide bonds. The summed E-state index contributed by atoms with van der Waals surface area (Å²) in [6.45, 7) is 2.09. The van der Waals surface area contributed by atoms with Crippen LogP contribution in [0.4, 0.5) is 0 Å². The lowest BCUT2D eigenvalue weighted by molar-refractivity contribution is -0.157. The van der Waals surface area contributed by atoms with Crippen molar-refractivity contribution in [1.82, 2.24) is 14.7 Å². The fraction of sp³-hybridized carbons (Fsp3) is 0.722. The molecule has 138 valence electrons. The number of hydrogen-bond donors (Lipinski definition) is 1. The highest BCUT2D eigenvalue weighted by molar-refractivity contribution is 5.86. The maximum absolute atomic E-state index is 13.1. The summed E-state index contributed by atoms with van der Waals surface area (Å²) in [7, 11) is 1.62. The molecule has 1 aromatic heterocycles. The fourth-order valence-corrected chi connectivity index (χ4v) is 3.98. The molecule has 2 aliphatic rings. The average molecular weight is 349 g/mol. The summed E-state index contributed by atoms with van der Waals surface area (Å²) in [5, 5.41) is 14.0. The molecule has 1 saturated carbocycles. The van der Waals surface area contributed by atoms with E-state index < -0.39 is 11.4 Å². The first-order chi connectivity index (χ1) is 12.0. The van der Waals surface area contributed by atoms with E-state index in [2.05, 4.69) is 5.10 Å². The van der Waals surface area contributed by atoms with Crippen LogP contribution >= 0.6 is 0 Å². The van der Waals surface area contributed by atoms with Crippen molar-refractivity contribution in [3.8, 4) is 0 Å². The maximum Gasteiger partial charge on any atom is 0.311 e. The Hall–Kier alpha value is -1.89. The Bertz CT molecular complexity index is 612. The summed E-state index contributed by atoms with van der Waals surface area (Å²) in [5.74, 6) is -0.696. The average Bonchev–Trinajstić information content (AvgIpc) is 3.20. The molecule has 1 aliphatic carbocycles. The Balaban J connectivity index is 1.69. The van der Waals surface area contributed by atoms with Crippen LogP contribution in [0, 0.1) is 10.8 Å². The second-order valence-corrected chi connectivity index (χ2v) is 7.50. The number of nitrogens with zero attached hydrogens (tertiary/aromatic N) is 3. The van der Waals surface area contributed by atoms with Gasteiger partial charge in [0.05, 0.1) is 17.4 Å². The largest absolute Gasteiger partial charge is 0.481 e. The number of aliphatic carboxylic acids is 1. The van der Waals surface area contributed by atoms with E-state index in [0.717, 1.165) is 19.3 Å². The Kier molecular flexibility index (Phi) is 5.13. The molecule has 2 heterocycles. The number of aromatic nitrogens is 2. The van der Waals surface area contributed by atoms with Crippen molar-refractivity contribution in [1.29, 1.82) is 0 Å². The van der Waals surface area contributed by atoms with E-state index in [9.17, 15) is 14.7 Å². The van der Waals surface area contributed by atoms with Crippen LogP contribution in [-0.4, -0.2) is 58.5 Å². The lowest BCUT2D eigenvalue weighted by atomic mass is 9.76. The van der Waals surface area contributed by atoms with Crippen molar-refractivity contribution in [2.24, 2.45) is 10.8 Å². The second kappa shape index (κ2) is 7.15. The molecule has 25 heavy (non-hydrogen) atoms. The molecule has 0 bridgehead atoms. The van der Waals surface area contributed by atoms with Crippen molar-refractivity contribution in [3.05, 3.63) is 18.5 Å². The summed E-state index contributed by atoms with van der Waals surface area (Å²) in [6, 6.07) is 1.85. The van der Waals surface area contributed by atoms with Crippen molar-refractivity contribution < 1.29 is 19.4 Å². The van der Waals surface area contributed by atoms with Gasteiger partial charge in [0.25, 0.3) is 0 Å². The molecule has 1 N–H and O–H groups in total. The van der Waals surface area contributed by atoms with Crippen LogP contribution in [0.15, 0.2) is 18.5 Å². The Labute approximate surface area is 147 Å². The summed E-state index contributed by atoms with van der Waals surface area (Å²) in [6.07, 6.45) is 7.90. The van der Waals surface area contributed by atoms with Crippen LogP contribution in [0.1, 0.15) is 38.5 Å². The van der Waals surface area contributed by atoms with Gasteiger partial charge >= 0.3 is 5.97 Å². The number of amides is 1. The number of piperidine rings is 1. The molecule has 1 atom stereocenters. The quantitative estimate of drug-likeness (QED) is 0.723. The second-order valence-electron chi connectivity index (χ2n) is 7.50. The molecule has 0 aromatic carbocycles.